The van der Waals surface area contributed by atoms with Crippen molar-refractivity contribution in [3.63, 3.8) is 0 Å². The van der Waals surface area contributed by atoms with E-state index >= 15 is 0 Å². The van der Waals surface area contributed by atoms with Gasteiger partial charge < -0.3 is 24.3 Å². The SMILES string of the molecule is C[C@@H]1CC[C@@H]2[C@@H](C)C(OC(=O)CCC(=O)NCc3ccc(CN4CCOCC4)cc3)O[C@@H]3OC4(C)CCC1[C@]32OO4. The van der Waals surface area contributed by atoms with Crippen LogP contribution < -0.4 is 5.32 Å². The molecule has 5 heterocycles. The van der Waals surface area contributed by atoms with Gasteiger partial charge in [-0.3, -0.25) is 14.5 Å². The molecule has 0 radical (unpaired) electrons. The highest BCUT2D eigenvalue weighted by atomic mass is 17.3. The van der Waals surface area contributed by atoms with E-state index in [1.54, 1.807) is 0 Å². The average Bonchev–Trinajstić information content (AvgIpc) is 3.20. The molecule has 41 heavy (non-hydrogen) atoms. The van der Waals surface area contributed by atoms with Crippen LogP contribution in [0, 0.1) is 23.7 Å². The molecule has 1 spiro atoms. The summed E-state index contributed by atoms with van der Waals surface area (Å²) in [5.41, 5.74) is 1.56. The molecule has 0 aromatic heterocycles. The Morgan fingerprint density at radius 1 is 1.00 bits per heavy atom. The van der Waals surface area contributed by atoms with E-state index in [2.05, 4.69) is 29.3 Å². The highest BCUT2D eigenvalue weighted by molar-refractivity contribution is 5.81. The molecular formula is C31H44N2O8. The Morgan fingerprint density at radius 2 is 1.76 bits per heavy atom. The first-order chi connectivity index (χ1) is 19.8. The second-order valence-corrected chi connectivity index (χ2v) is 12.7. The van der Waals surface area contributed by atoms with E-state index in [9.17, 15) is 9.59 Å². The molecule has 2 bridgehead atoms. The van der Waals surface area contributed by atoms with E-state index in [0.717, 1.165) is 64.1 Å². The van der Waals surface area contributed by atoms with Crippen LogP contribution in [-0.4, -0.2) is 67.0 Å². The van der Waals surface area contributed by atoms with E-state index in [-0.39, 0.29) is 36.5 Å². The number of ether oxygens (including phenoxy) is 4. The van der Waals surface area contributed by atoms with Crippen molar-refractivity contribution in [3.8, 4) is 0 Å². The van der Waals surface area contributed by atoms with Gasteiger partial charge in [-0.2, -0.15) is 0 Å². The van der Waals surface area contributed by atoms with Crippen LogP contribution in [0.3, 0.4) is 0 Å². The number of nitrogens with zero attached hydrogens (tertiary/aromatic N) is 1. The van der Waals surface area contributed by atoms with Crippen molar-refractivity contribution in [3.05, 3.63) is 35.4 Å². The van der Waals surface area contributed by atoms with Crippen LogP contribution in [0.4, 0.5) is 0 Å². The third-order valence-corrected chi connectivity index (χ3v) is 9.92. The highest BCUT2D eigenvalue weighted by Gasteiger charge is 2.69. The topological polar surface area (TPSA) is 105 Å². The van der Waals surface area contributed by atoms with Gasteiger partial charge in [0.15, 0.2) is 11.9 Å². The Bertz CT molecular complexity index is 1090. The first-order valence-electron chi connectivity index (χ1n) is 15.3. The van der Waals surface area contributed by atoms with Gasteiger partial charge in [-0.1, -0.05) is 38.1 Å². The van der Waals surface area contributed by atoms with Gasteiger partial charge in [0.05, 0.1) is 19.6 Å². The maximum absolute atomic E-state index is 12.8. The van der Waals surface area contributed by atoms with Gasteiger partial charge in [-0.05, 0) is 49.1 Å². The Labute approximate surface area is 242 Å². The van der Waals surface area contributed by atoms with Crippen molar-refractivity contribution in [2.75, 3.05) is 26.3 Å². The van der Waals surface area contributed by atoms with E-state index in [1.807, 2.05) is 26.0 Å². The molecule has 5 saturated heterocycles. The molecule has 1 aromatic carbocycles. The molecule has 7 rings (SSSR count). The molecule has 3 unspecified atom stereocenters. The number of fused-ring (bicyclic) bond motifs is 2. The molecule has 1 aliphatic carbocycles. The number of esters is 1. The lowest BCUT2D eigenvalue weighted by molar-refractivity contribution is -0.576. The third kappa shape index (κ3) is 5.92. The molecule has 1 saturated carbocycles. The summed E-state index contributed by atoms with van der Waals surface area (Å²) in [7, 11) is 0. The summed E-state index contributed by atoms with van der Waals surface area (Å²) in [6.07, 6.45) is 2.27. The lowest BCUT2D eigenvalue weighted by Gasteiger charge is -2.59. The summed E-state index contributed by atoms with van der Waals surface area (Å²) < 4.78 is 23.9. The van der Waals surface area contributed by atoms with Crippen molar-refractivity contribution >= 4 is 11.9 Å². The number of nitrogens with one attached hydrogen (secondary N) is 1. The van der Waals surface area contributed by atoms with E-state index in [4.69, 9.17) is 28.7 Å². The molecule has 5 aliphatic heterocycles. The Kier molecular flexibility index (Phi) is 8.42. The molecule has 10 nitrogen and oxygen atoms in total. The minimum Gasteiger partial charge on any atom is -0.435 e. The summed E-state index contributed by atoms with van der Waals surface area (Å²) in [5, 5.41) is 2.91. The normalized spacial score (nSPS) is 38.5. The first-order valence-corrected chi connectivity index (χ1v) is 15.3. The van der Waals surface area contributed by atoms with Gasteiger partial charge in [0, 0.05) is 50.9 Å². The van der Waals surface area contributed by atoms with Gasteiger partial charge >= 0.3 is 5.97 Å². The maximum Gasteiger partial charge on any atom is 0.308 e. The third-order valence-electron chi connectivity index (χ3n) is 9.92. The Morgan fingerprint density at radius 3 is 2.54 bits per heavy atom. The fraction of sp³-hybridized carbons (Fsp3) is 0.742. The second kappa shape index (κ2) is 11.9. The molecule has 8 atom stereocenters. The largest absolute Gasteiger partial charge is 0.435 e. The average molecular weight is 573 g/mol. The first kappa shape index (κ1) is 29.0. The number of hydrogen-bond donors (Lipinski definition) is 1. The molecular weight excluding hydrogens is 528 g/mol. The fourth-order valence-electron chi connectivity index (χ4n) is 7.48. The van der Waals surface area contributed by atoms with Crippen LogP contribution in [0.25, 0.3) is 0 Å². The minimum atomic E-state index is -0.881. The number of amides is 1. The van der Waals surface area contributed by atoms with Crippen LogP contribution in [0.5, 0.6) is 0 Å². The van der Waals surface area contributed by atoms with Gasteiger partial charge in [0.25, 0.3) is 0 Å². The smallest absolute Gasteiger partial charge is 0.308 e. The van der Waals surface area contributed by atoms with Crippen LogP contribution in [0.1, 0.15) is 70.4 Å². The Balaban J connectivity index is 0.981. The molecule has 226 valence electrons. The maximum atomic E-state index is 12.8. The minimum absolute atomic E-state index is 0.0186. The number of benzene rings is 1. The molecule has 6 fully saturated rings. The zero-order chi connectivity index (χ0) is 28.6. The van der Waals surface area contributed by atoms with E-state index in [1.165, 1.54) is 5.56 Å². The van der Waals surface area contributed by atoms with Crippen molar-refractivity contribution in [1.29, 1.82) is 0 Å². The lowest BCUT2D eigenvalue weighted by atomic mass is 9.58. The predicted molar refractivity (Wildman–Crippen MR) is 147 cm³/mol. The van der Waals surface area contributed by atoms with Crippen molar-refractivity contribution in [2.24, 2.45) is 23.7 Å². The molecule has 10 heteroatoms. The van der Waals surface area contributed by atoms with E-state index < -0.39 is 29.9 Å². The van der Waals surface area contributed by atoms with Crippen molar-refractivity contribution in [1.82, 2.24) is 10.2 Å². The zero-order valence-corrected chi connectivity index (χ0v) is 24.5. The van der Waals surface area contributed by atoms with Gasteiger partial charge in [-0.25, -0.2) is 9.78 Å². The summed E-state index contributed by atoms with van der Waals surface area (Å²) >= 11 is 0. The standard InChI is InChI=1S/C31H44N2O8/c1-20-4-9-25-21(2)28(38-29-31(25)24(20)12-13-30(3,39-29)40-41-31)37-27(35)11-10-26(34)32-18-22-5-7-23(8-6-22)19-33-14-16-36-17-15-33/h5-8,20-21,24-25,28-29H,4,9-19H2,1-3H3,(H,32,34)/t20-,21-,24?,25-,28?,29-,30?,31-/m1/s1. The highest BCUT2D eigenvalue weighted by Crippen LogP contribution is 2.60. The fourth-order valence-corrected chi connectivity index (χ4v) is 7.48. The van der Waals surface area contributed by atoms with Gasteiger partial charge in [0.2, 0.25) is 18.0 Å². The molecule has 6 aliphatic rings. The molecule has 1 aromatic rings. The number of carbonyl (C=O) groups excluding carboxylic acids is 2. The van der Waals surface area contributed by atoms with Crippen molar-refractivity contribution < 1.29 is 38.3 Å². The lowest BCUT2D eigenvalue weighted by Crippen LogP contribution is -2.70. The number of rotatable bonds is 8. The van der Waals surface area contributed by atoms with Gasteiger partial charge in [0.1, 0.15) is 0 Å². The zero-order valence-electron chi connectivity index (χ0n) is 24.5. The molecule has 1 N–H and O–H groups in total. The van der Waals surface area contributed by atoms with Crippen LogP contribution in [0.2, 0.25) is 0 Å². The summed E-state index contributed by atoms with van der Waals surface area (Å²) in [5.74, 6) is -0.840. The summed E-state index contributed by atoms with van der Waals surface area (Å²) in [6.45, 7) is 11.0. The van der Waals surface area contributed by atoms with Crippen molar-refractivity contribution in [2.45, 2.75) is 96.4 Å². The van der Waals surface area contributed by atoms with Crippen LogP contribution in [0.15, 0.2) is 24.3 Å². The summed E-state index contributed by atoms with van der Waals surface area (Å²) in [6, 6.07) is 8.26. The monoisotopic (exact) mass is 572 g/mol. The van der Waals surface area contributed by atoms with Crippen LogP contribution in [-0.2, 0) is 51.4 Å². The number of hydrogen-bond acceptors (Lipinski definition) is 9. The van der Waals surface area contributed by atoms with Crippen LogP contribution >= 0.6 is 0 Å². The van der Waals surface area contributed by atoms with Gasteiger partial charge in [-0.15, -0.1) is 0 Å². The second-order valence-electron chi connectivity index (χ2n) is 12.7. The Hall–Kier alpha value is -2.08. The van der Waals surface area contributed by atoms with E-state index in [0.29, 0.717) is 12.5 Å². The quantitative estimate of drug-likeness (QED) is 0.369. The predicted octanol–water partition coefficient (Wildman–Crippen LogP) is 3.67. The molecule has 1 amide bonds. The number of carbonyl (C=O) groups is 2. The number of morpholine rings is 1. The summed E-state index contributed by atoms with van der Waals surface area (Å²) in [4.78, 5) is 39.7.